The second-order valence-electron chi connectivity index (χ2n) is 8.22. The molecule has 13 heteroatoms. The number of aromatic amines is 1. The zero-order valence-electron chi connectivity index (χ0n) is 18.8. The van der Waals surface area contributed by atoms with Crippen LogP contribution in [0.1, 0.15) is 66.1 Å². The second kappa shape index (κ2) is 8.64. The van der Waals surface area contributed by atoms with Crippen molar-refractivity contribution in [3.8, 4) is 11.7 Å². The Kier molecular flexibility index (Phi) is 5.61. The highest BCUT2D eigenvalue weighted by Crippen LogP contribution is 2.43. The Morgan fingerprint density at radius 2 is 2.09 bits per heavy atom. The molecule has 1 saturated carbocycles. The van der Waals surface area contributed by atoms with E-state index in [1.807, 2.05) is 6.92 Å². The number of aromatic nitrogens is 7. The lowest BCUT2D eigenvalue weighted by Gasteiger charge is -2.16. The molecular formula is C22H21F3N8O2. The summed E-state index contributed by atoms with van der Waals surface area (Å²) in [6.45, 7) is 3.91. The van der Waals surface area contributed by atoms with Crippen LogP contribution in [0.5, 0.6) is 5.88 Å². The third-order valence-electron chi connectivity index (χ3n) is 5.68. The minimum Gasteiger partial charge on any atom is -0.477 e. The maximum Gasteiger partial charge on any atom is 0.416 e. The predicted octanol–water partition coefficient (Wildman–Crippen LogP) is 3.72. The van der Waals surface area contributed by atoms with Gasteiger partial charge in [0.2, 0.25) is 5.88 Å². The first kappa shape index (κ1) is 22.7. The number of alkyl halides is 3. The summed E-state index contributed by atoms with van der Waals surface area (Å²) in [4.78, 5) is 17.4. The molecule has 3 heterocycles. The van der Waals surface area contributed by atoms with Crippen molar-refractivity contribution in [2.75, 3.05) is 6.61 Å². The molecule has 2 N–H and O–H groups in total. The first-order valence-electron chi connectivity index (χ1n) is 11.0. The molecule has 0 radical (unpaired) electrons. The summed E-state index contributed by atoms with van der Waals surface area (Å²) >= 11 is 0. The number of halogens is 3. The van der Waals surface area contributed by atoms with Crippen molar-refractivity contribution in [3.05, 3.63) is 53.2 Å². The number of fused-ring (bicyclic) bond motifs is 1. The summed E-state index contributed by atoms with van der Waals surface area (Å²) in [5.41, 5.74) is -0.225. The van der Waals surface area contributed by atoms with Crippen molar-refractivity contribution in [2.45, 2.75) is 44.8 Å². The summed E-state index contributed by atoms with van der Waals surface area (Å²) < 4.78 is 47.5. The number of ether oxygens (including phenoxy) is 1. The molecule has 0 aliphatic heterocycles. The zero-order chi connectivity index (χ0) is 24.7. The summed E-state index contributed by atoms with van der Waals surface area (Å²) in [6.07, 6.45) is -1.60. The molecule has 0 bridgehead atoms. The molecule has 1 amide bonds. The van der Waals surface area contributed by atoms with Crippen molar-refractivity contribution in [2.24, 2.45) is 0 Å². The van der Waals surface area contributed by atoms with Crippen molar-refractivity contribution < 1.29 is 22.7 Å². The van der Waals surface area contributed by atoms with Gasteiger partial charge in [0.1, 0.15) is 6.33 Å². The number of carbonyl (C=O) groups excluding carboxylic acids is 1. The Morgan fingerprint density at radius 3 is 2.74 bits per heavy atom. The van der Waals surface area contributed by atoms with E-state index in [-0.39, 0.29) is 17.0 Å². The van der Waals surface area contributed by atoms with E-state index in [0.29, 0.717) is 35.2 Å². The van der Waals surface area contributed by atoms with Crippen LogP contribution in [0.15, 0.2) is 30.6 Å². The van der Waals surface area contributed by atoms with E-state index in [4.69, 9.17) is 4.74 Å². The highest BCUT2D eigenvalue weighted by Gasteiger charge is 2.35. The van der Waals surface area contributed by atoms with Gasteiger partial charge < -0.3 is 10.1 Å². The number of carbonyl (C=O) groups is 1. The number of amides is 1. The molecule has 3 aromatic heterocycles. The molecule has 5 rings (SSSR count). The molecule has 1 aliphatic rings. The van der Waals surface area contributed by atoms with Crippen LogP contribution in [-0.2, 0) is 6.18 Å². The maximum absolute atomic E-state index is 13.6. The van der Waals surface area contributed by atoms with Gasteiger partial charge in [-0.2, -0.15) is 28.1 Å². The third-order valence-corrected chi connectivity index (χ3v) is 5.68. The van der Waals surface area contributed by atoms with Crippen LogP contribution >= 0.6 is 0 Å². The van der Waals surface area contributed by atoms with Gasteiger partial charge in [-0.05, 0) is 44.9 Å². The Labute approximate surface area is 196 Å². The lowest BCUT2D eigenvalue weighted by Crippen LogP contribution is -2.29. The van der Waals surface area contributed by atoms with Gasteiger partial charge in [0.25, 0.3) is 5.91 Å². The smallest absolute Gasteiger partial charge is 0.416 e. The molecule has 35 heavy (non-hydrogen) atoms. The number of nitrogens with one attached hydrogen (secondary N) is 2. The molecule has 0 spiro atoms. The van der Waals surface area contributed by atoms with E-state index >= 15 is 0 Å². The standard InChI is InChI=1S/C22H21F3N8O2/c1-3-35-17-7-6-16(29-30-17)33-20(26-10-27-33)11(2)28-21(34)15-9-13(22(23,24)25)8-14-18(12-4-5-12)31-32-19(14)15/h6-12H,3-5H2,1-2H3,(H,28,34)(H,31,32)/t11-/m0/s1. The van der Waals surface area contributed by atoms with Gasteiger partial charge in [-0.25, -0.2) is 4.98 Å². The maximum atomic E-state index is 13.6. The SMILES string of the molecule is CCOc1ccc(-n2ncnc2[C@H](C)NC(=O)c2cc(C(F)(F)F)cc3c(C4CC4)n[nH]c23)nn1. The molecule has 0 saturated heterocycles. The Bertz CT molecular complexity index is 1380. The van der Waals surface area contributed by atoms with Crippen molar-refractivity contribution in [3.63, 3.8) is 0 Å². The normalized spacial score (nSPS) is 14.8. The summed E-state index contributed by atoms with van der Waals surface area (Å²) in [7, 11) is 0. The van der Waals surface area contributed by atoms with Gasteiger partial charge in [0.15, 0.2) is 11.6 Å². The van der Waals surface area contributed by atoms with Crippen LogP contribution in [0.3, 0.4) is 0 Å². The molecule has 10 nitrogen and oxygen atoms in total. The average Bonchev–Trinajstić information content (AvgIpc) is 3.38. The van der Waals surface area contributed by atoms with Gasteiger partial charge in [-0.3, -0.25) is 9.89 Å². The number of hydrogen-bond donors (Lipinski definition) is 2. The molecule has 1 fully saturated rings. The number of hydrogen-bond acceptors (Lipinski definition) is 7. The Hall–Kier alpha value is -4.03. The number of rotatable bonds is 7. The second-order valence-corrected chi connectivity index (χ2v) is 8.22. The van der Waals surface area contributed by atoms with E-state index in [1.165, 1.54) is 11.0 Å². The van der Waals surface area contributed by atoms with Gasteiger partial charge in [0.05, 0.1) is 35.0 Å². The van der Waals surface area contributed by atoms with E-state index in [0.717, 1.165) is 25.0 Å². The van der Waals surface area contributed by atoms with Gasteiger partial charge in [-0.1, -0.05) is 0 Å². The fraction of sp³-hybridized carbons (Fsp3) is 0.364. The van der Waals surface area contributed by atoms with Gasteiger partial charge in [0, 0.05) is 17.4 Å². The lowest BCUT2D eigenvalue weighted by molar-refractivity contribution is -0.137. The summed E-state index contributed by atoms with van der Waals surface area (Å²) in [5, 5.41) is 22.1. The number of H-pyrrole nitrogens is 1. The van der Waals surface area contributed by atoms with E-state index in [1.54, 1.807) is 19.1 Å². The van der Waals surface area contributed by atoms with Crippen LogP contribution in [0.25, 0.3) is 16.7 Å². The highest BCUT2D eigenvalue weighted by atomic mass is 19.4. The van der Waals surface area contributed by atoms with Crippen LogP contribution in [0.4, 0.5) is 13.2 Å². The summed E-state index contributed by atoms with van der Waals surface area (Å²) in [5.74, 6) is 0.412. The van der Waals surface area contributed by atoms with E-state index in [9.17, 15) is 18.0 Å². The molecule has 182 valence electrons. The first-order valence-corrected chi connectivity index (χ1v) is 11.0. The lowest BCUT2D eigenvalue weighted by atomic mass is 10.0. The Morgan fingerprint density at radius 1 is 1.29 bits per heavy atom. The zero-order valence-corrected chi connectivity index (χ0v) is 18.8. The van der Waals surface area contributed by atoms with Crippen molar-refractivity contribution in [1.29, 1.82) is 0 Å². The third kappa shape index (κ3) is 4.40. The van der Waals surface area contributed by atoms with Crippen LogP contribution in [-0.4, -0.2) is 47.7 Å². The highest BCUT2D eigenvalue weighted by molar-refractivity contribution is 6.06. The minimum absolute atomic E-state index is 0.107. The number of nitrogens with zero attached hydrogens (tertiary/aromatic N) is 6. The monoisotopic (exact) mass is 486 g/mol. The van der Waals surface area contributed by atoms with Gasteiger partial charge >= 0.3 is 6.18 Å². The molecular weight excluding hydrogens is 465 g/mol. The van der Waals surface area contributed by atoms with Crippen LogP contribution < -0.4 is 10.1 Å². The minimum atomic E-state index is -4.61. The van der Waals surface area contributed by atoms with Crippen LogP contribution in [0.2, 0.25) is 0 Å². The quantitative estimate of drug-likeness (QED) is 0.408. The molecule has 0 unspecified atom stereocenters. The topological polar surface area (TPSA) is 124 Å². The van der Waals surface area contributed by atoms with Gasteiger partial charge in [-0.15, -0.1) is 10.2 Å². The number of benzene rings is 1. The fourth-order valence-electron chi connectivity index (χ4n) is 3.86. The first-order chi connectivity index (χ1) is 16.8. The predicted molar refractivity (Wildman–Crippen MR) is 117 cm³/mol. The van der Waals surface area contributed by atoms with E-state index in [2.05, 4.69) is 35.8 Å². The van der Waals surface area contributed by atoms with E-state index < -0.39 is 23.7 Å². The molecule has 1 aliphatic carbocycles. The fourth-order valence-corrected chi connectivity index (χ4v) is 3.86. The Balaban J connectivity index is 1.45. The average molecular weight is 486 g/mol. The molecule has 1 atom stereocenters. The molecule has 4 aromatic rings. The van der Waals surface area contributed by atoms with Crippen molar-refractivity contribution >= 4 is 16.8 Å². The summed E-state index contributed by atoms with van der Waals surface area (Å²) in [6, 6.07) is 4.42. The molecule has 1 aromatic carbocycles. The van der Waals surface area contributed by atoms with Crippen LogP contribution in [0, 0.1) is 0 Å². The van der Waals surface area contributed by atoms with Crippen molar-refractivity contribution in [1.82, 2.24) is 40.5 Å². The largest absolute Gasteiger partial charge is 0.477 e.